The quantitative estimate of drug-likeness (QED) is 0.230. The summed E-state index contributed by atoms with van der Waals surface area (Å²) in [7, 11) is 7.62. The Morgan fingerprint density at radius 3 is 2.26 bits per heavy atom. The molecule has 0 aliphatic carbocycles. The molecule has 2 N–H and O–H groups in total. The molecule has 0 saturated carbocycles. The van der Waals surface area contributed by atoms with Gasteiger partial charge >= 0.3 is 0 Å². The van der Waals surface area contributed by atoms with Gasteiger partial charge in [0.05, 0.1) is 55.4 Å². The van der Waals surface area contributed by atoms with Gasteiger partial charge in [-0.2, -0.15) is 10.2 Å². The molecular weight excluding hydrogens is 706 g/mol. The van der Waals surface area contributed by atoms with Crippen molar-refractivity contribution in [1.29, 1.82) is 0 Å². The number of anilines is 1. The van der Waals surface area contributed by atoms with Crippen molar-refractivity contribution in [3.05, 3.63) is 83.0 Å². The van der Waals surface area contributed by atoms with E-state index in [4.69, 9.17) is 11.6 Å². The topological polar surface area (TPSA) is 134 Å². The predicted octanol–water partition coefficient (Wildman–Crippen LogP) is 4.83. The van der Waals surface area contributed by atoms with E-state index in [1.807, 2.05) is 4.90 Å². The van der Waals surface area contributed by atoms with Crippen molar-refractivity contribution in [2.24, 2.45) is 20.0 Å². The molecule has 2 aliphatic heterocycles. The molecule has 5 heterocycles. The Bertz CT molecular complexity index is 2210. The van der Waals surface area contributed by atoms with Gasteiger partial charge in [0.1, 0.15) is 5.69 Å². The summed E-state index contributed by atoms with van der Waals surface area (Å²) < 4.78 is 35.1. The van der Waals surface area contributed by atoms with E-state index < -0.39 is 17.5 Å². The van der Waals surface area contributed by atoms with Crippen LogP contribution in [0.25, 0.3) is 33.8 Å². The van der Waals surface area contributed by atoms with Gasteiger partial charge in [0.2, 0.25) is 5.91 Å². The van der Waals surface area contributed by atoms with Gasteiger partial charge in [0.25, 0.3) is 11.8 Å². The Morgan fingerprint density at radius 2 is 1.58 bits per heavy atom. The number of carbonyl (C=O) groups is 3. The van der Waals surface area contributed by atoms with Crippen molar-refractivity contribution in [2.45, 2.75) is 12.8 Å². The monoisotopic (exact) mass is 745 g/mol. The standard InChI is InChI=1S/C37H39ClF2N10O3/c1-46-30(26-8-7-24(31(39)32(26)40)27-20-42-45-33(27)29-9-12-43-47(29)2)21-41-34(46)35(51)44-23-5-6-25(28(38)19-23)37(53)49-15-13-48(14-16-49)36(52)22-10-17-50(3,4)18-11-22/h5-9,12,19-22H,10-11,13-18H2,1-4H3,(H-,42,43,44,45,51,53)/p+1. The summed E-state index contributed by atoms with van der Waals surface area (Å²) in [5.74, 6) is -2.92. The molecule has 13 nitrogen and oxygen atoms in total. The number of aryl methyl sites for hydroxylation is 1. The lowest BCUT2D eigenvalue weighted by Gasteiger charge is -2.40. The molecule has 0 unspecified atom stereocenters. The second-order valence-electron chi connectivity index (χ2n) is 14.2. The zero-order valence-electron chi connectivity index (χ0n) is 29.9. The third kappa shape index (κ3) is 6.93. The molecule has 276 valence electrons. The van der Waals surface area contributed by atoms with Crippen LogP contribution in [0.15, 0.2) is 55.0 Å². The first-order chi connectivity index (χ1) is 25.3. The number of nitrogens with one attached hydrogen (secondary N) is 2. The highest BCUT2D eigenvalue weighted by Gasteiger charge is 2.35. The fourth-order valence-corrected chi connectivity index (χ4v) is 7.41. The molecule has 3 aromatic heterocycles. The number of hydrogen-bond donors (Lipinski definition) is 2. The summed E-state index contributed by atoms with van der Waals surface area (Å²) in [5.41, 5.74) is 2.09. The molecule has 2 fully saturated rings. The molecule has 0 spiro atoms. The van der Waals surface area contributed by atoms with Crippen LogP contribution in [-0.2, 0) is 18.9 Å². The number of nitrogens with zero attached hydrogens (tertiary/aromatic N) is 8. The third-order valence-corrected chi connectivity index (χ3v) is 10.7. The van der Waals surface area contributed by atoms with Crippen LogP contribution in [0.1, 0.15) is 33.8 Å². The number of benzene rings is 2. The lowest BCUT2D eigenvalue weighted by atomic mass is 9.94. The maximum atomic E-state index is 15.6. The average Bonchev–Trinajstić information content (AvgIpc) is 3.89. The Labute approximate surface area is 309 Å². The van der Waals surface area contributed by atoms with Crippen molar-refractivity contribution >= 4 is 35.0 Å². The first-order valence-electron chi connectivity index (χ1n) is 17.4. The van der Waals surface area contributed by atoms with Crippen molar-refractivity contribution in [1.82, 2.24) is 39.3 Å². The Kier molecular flexibility index (Phi) is 9.63. The zero-order chi connectivity index (χ0) is 37.6. The number of likely N-dealkylation sites (tertiary alicyclic amines) is 1. The van der Waals surface area contributed by atoms with E-state index in [9.17, 15) is 14.4 Å². The highest BCUT2D eigenvalue weighted by atomic mass is 35.5. The molecule has 5 aromatic rings. The summed E-state index contributed by atoms with van der Waals surface area (Å²) in [6.07, 6.45) is 6.12. The van der Waals surface area contributed by atoms with E-state index in [0.29, 0.717) is 48.8 Å². The van der Waals surface area contributed by atoms with E-state index >= 15 is 8.78 Å². The lowest BCUT2D eigenvalue weighted by molar-refractivity contribution is -0.895. The van der Waals surface area contributed by atoms with E-state index in [2.05, 4.69) is 39.7 Å². The van der Waals surface area contributed by atoms with Crippen molar-refractivity contribution in [3.63, 3.8) is 0 Å². The van der Waals surface area contributed by atoms with Crippen LogP contribution in [0.3, 0.4) is 0 Å². The van der Waals surface area contributed by atoms with Crippen LogP contribution in [0.4, 0.5) is 14.5 Å². The molecule has 0 radical (unpaired) electrons. The van der Waals surface area contributed by atoms with Crippen molar-refractivity contribution in [2.75, 3.05) is 58.7 Å². The number of aromatic amines is 1. The number of piperidine rings is 1. The number of rotatable bonds is 7. The highest BCUT2D eigenvalue weighted by molar-refractivity contribution is 6.34. The van der Waals surface area contributed by atoms with Gasteiger partial charge in [-0.05, 0) is 30.3 Å². The number of aromatic nitrogens is 6. The van der Waals surface area contributed by atoms with Gasteiger partial charge in [0.15, 0.2) is 17.5 Å². The number of carbonyl (C=O) groups excluding carboxylic acids is 3. The van der Waals surface area contributed by atoms with Gasteiger partial charge in [-0.1, -0.05) is 17.7 Å². The SMILES string of the molecule is Cn1nccc1-c1n[nH]cc1-c1ccc(-c2cnc(C(=O)Nc3ccc(C(=O)N4CCN(C(=O)C5CC[N+](C)(C)CC5)CC4)c(Cl)c3)n2C)c(F)c1F. The summed E-state index contributed by atoms with van der Waals surface area (Å²) >= 11 is 6.55. The fourth-order valence-electron chi connectivity index (χ4n) is 7.15. The number of H-pyrrole nitrogens is 1. The number of imidazole rings is 1. The Hall–Kier alpha value is -5.41. The number of halogens is 3. The minimum atomic E-state index is -1.11. The zero-order valence-corrected chi connectivity index (χ0v) is 30.6. The molecule has 3 amide bonds. The molecule has 2 saturated heterocycles. The minimum Gasteiger partial charge on any atom is -0.339 e. The van der Waals surface area contributed by atoms with Crippen molar-refractivity contribution < 1.29 is 27.6 Å². The fraction of sp³-hybridized carbons (Fsp3) is 0.351. The smallest absolute Gasteiger partial charge is 0.291 e. The summed E-state index contributed by atoms with van der Waals surface area (Å²) in [6, 6.07) is 9.18. The molecular formula is C37H40ClF2N10O3+. The average molecular weight is 746 g/mol. The largest absolute Gasteiger partial charge is 0.339 e. The molecule has 16 heteroatoms. The number of amides is 3. The highest BCUT2D eigenvalue weighted by Crippen LogP contribution is 2.36. The van der Waals surface area contributed by atoms with Crippen molar-refractivity contribution in [3.8, 4) is 33.8 Å². The lowest BCUT2D eigenvalue weighted by Crippen LogP contribution is -2.54. The Morgan fingerprint density at radius 1 is 0.906 bits per heavy atom. The second kappa shape index (κ2) is 14.2. The Balaban J connectivity index is 0.999. The van der Waals surface area contributed by atoms with Gasteiger partial charge in [-0.15, -0.1) is 0 Å². The molecule has 53 heavy (non-hydrogen) atoms. The molecule has 2 aromatic carbocycles. The van der Waals surface area contributed by atoms with E-state index in [0.717, 1.165) is 30.4 Å². The second-order valence-corrected chi connectivity index (χ2v) is 14.6. The maximum absolute atomic E-state index is 15.6. The maximum Gasteiger partial charge on any atom is 0.291 e. The van der Waals surface area contributed by atoms with Crippen LogP contribution in [-0.4, -0.2) is 115 Å². The van der Waals surface area contributed by atoms with Crippen LogP contribution in [0.5, 0.6) is 0 Å². The number of hydrogen-bond acceptors (Lipinski definition) is 6. The van der Waals surface area contributed by atoms with Gasteiger partial charge in [-0.25, -0.2) is 13.8 Å². The van der Waals surface area contributed by atoms with E-state index in [1.165, 1.54) is 42.2 Å². The minimum absolute atomic E-state index is 0.00547. The van der Waals surface area contributed by atoms with Crippen LogP contribution in [0, 0.1) is 17.6 Å². The normalized spacial score (nSPS) is 16.2. The third-order valence-electron chi connectivity index (χ3n) is 10.4. The molecule has 2 aliphatic rings. The summed E-state index contributed by atoms with van der Waals surface area (Å²) in [4.78, 5) is 47.6. The number of piperazine rings is 1. The van der Waals surface area contributed by atoms with E-state index in [-0.39, 0.29) is 51.0 Å². The van der Waals surface area contributed by atoms with Gasteiger partial charge in [-0.3, -0.25) is 24.2 Å². The first-order valence-corrected chi connectivity index (χ1v) is 17.7. The molecule has 7 rings (SSSR count). The molecule has 0 bridgehead atoms. The van der Waals surface area contributed by atoms with Crippen LogP contribution >= 0.6 is 11.6 Å². The van der Waals surface area contributed by atoms with Gasteiger partial charge in [0, 0.05) is 93.8 Å². The predicted molar refractivity (Wildman–Crippen MR) is 195 cm³/mol. The van der Waals surface area contributed by atoms with E-state index in [1.54, 1.807) is 41.0 Å². The van der Waals surface area contributed by atoms with Crippen LogP contribution in [0.2, 0.25) is 5.02 Å². The van der Waals surface area contributed by atoms with Crippen LogP contribution < -0.4 is 5.32 Å². The first kappa shape index (κ1) is 36.0. The van der Waals surface area contributed by atoms with Gasteiger partial charge < -0.3 is 24.2 Å². The summed E-state index contributed by atoms with van der Waals surface area (Å²) in [5, 5.41) is 13.9. The molecule has 0 atom stereocenters. The summed E-state index contributed by atoms with van der Waals surface area (Å²) in [6.45, 7) is 3.69. The number of quaternary nitrogens is 1.